The molecule has 5 heteroatoms. The topological polar surface area (TPSA) is 44.8 Å². The summed E-state index contributed by atoms with van der Waals surface area (Å²) in [4.78, 5) is 10.7. The first-order valence-corrected chi connectivity index (χ1v) is 7.50. The van der Waals surface area contributed by atoms with E-state index in [1.807, 2.05) is 6.55 Å². The van der Waals surface area contributed by atoms with Crippen LogP contribution in [-0.4, -0.2) is 35.4 Å². The zero-order chi connectivity index (χ0) is 11.7. The Hall–Kier alpha value is -0.653. The van der Waals surface area contributed by atoms with Gasteiger partial charge >= 0.3 is 14.5 Å². The molecule has 0 aromatic rings. The van der Waals surface area contributed by atoms with Gasteiger partial charge in [0.25, 0.3) is 0 Å². The van der Waals surface area contributed by atoms with E-state index >= 15 is 0 Å². The zero-order valence-corrected chi connectivity index (χ0v) is 10.7. The molecule has 0 radical (unpaired) electrons. The van der Waals surface area contributed by atoms with E-state index in [2.05, 4.69) is 6.58 Å². The molecule has 0 amide bonds. The number of esters is 1. The summed E-state index contributed by atoms with van der Waals surface area (Å²) in [5, 5.41) is 0. The Bertz CT molecular complexity index is 202. The maximum atomic E-state index is 10.7. The molecule has 4 nitrogen and oxygen atoms in total. The minimum absolute atomic E-state index is 0.367. The standard InChI is InChI=1S/C10H20O4Si/c1-5-10(11)14-8-6-7-9-15(4,12-2)13-3/h5H,1,6-9H2,2-4H3. The Morgan fingerprint density at radius 3 is 2.40 bits per heavy atom. The number of hydrogen-bond acceptors (Lipinski definition) is 4. The van der Waals surface area contributed by atoms with E-state index in [0.29, 0.717) is 6.61 Å². The molecule has 0 aliphatic rings. The molecule has 0 N–H and O–H groups in total. The molecule has 0 heterocycles. The van der Waals surface area contributed by atoms with Crippen LogP contribution in [0.2, 0.25) is 12.6 Å². The van der Waals surface area contributed by atoms with Gasteiger partial charge in [-0.2, -0.15) is 0 Å². The van der Waals surface area contributed by atoms with Crippen molar-refractivity contribution in [2.45, 2.75) is 25.4 Å². The van der Waals surface area contributed by atoms with Crippen LogP contribution in [0, 0.1) is 0 Å². The van der Waals surface area contributed by atoms with E-state index in [1.54, 1.807) is 14.2 Å². The van der Waals surface area contributed by atoms with Crippen molar-refractivity contribution in [3.8, 4) is 0 Å². The highest BCUT2D eigenvalue weighted by Gasteiger charge is 2.27. The highest BCUT2D eigenvalue weighted by molar-refractivity contribution is 6.65. The van der Waals surface area contributed by atoms with E-state index in [4.69, 9.17) is 13.6 Å². The third-order valence-corrected chi connectivity index (χ3v) is 5.29. The van der Waals surface area contributed by atoms with Gasteiger partial charge in [0.2, 0.25) is 0 Å². The molecule has 0 aliphatic carbocycles. The third kappa shape index (κ3) is 6.43. The number of carbonyl (C=O) groups is 1. The molecule has 0 aromatic carbocycles. The van der Waals surface area contributed by atoms with Crippen molar-refractivity contribution in [2.75, 3.05) is 20.8 Å². The van der Waals surface area contributed by atoms with Crippen molar-refractivity contribution in [1.82, 2.24) is 0 Å². The number of ether oxygens (including phenoxy) is 1. The average Bonchev–Trinajstić information content (AvgIpc) is 2.27. The second-order valence-corrected chi connectivity index (χ2v) is 6.95. The van der Waals surface area contributed by atoms with E-state index < -0.39 is 8.56 Å². The average molecular weight is 232 g/mol. The van der Waals surface area contributed by atoms with Gasteiger partial charge in [-0.1, -0.05) is 6.58 Å². The Morgan fingerprint density at radius 2 is 1.93 bits per heavy atom. The second-order valence-electron chi connectivity index (χ2n) is 3.37. The largest absolute Gasteiger partial charge is 0.463 e. The van der Waals surface area contributed by atoms with Crippen LogP contribution in [-0.2, 0) is 18.4 Å². The first-order chi connectivity index (χ1) is 7.08. The fraction of sp³-hybridized carbons (Fsp3) is 0.700. The SMILES string of the molecule is C=CC(=O)OCCCC[Si](C)(OC)OC. The molecule has 0 unspecified atom stereocenters. The van der Waals surface area contributed by atoms with Crippen LogP contribution < -0.4 is 0 Å². The molecule has 0 spiro atoms. The number of unbranched alkanes of at least 4 members (excludes halogenated alkanes) is 1. The van der Waals surface area contributed by atoms with Crippen molar-refractivity contribution in [2.24, 2.45) is 0 Å². The maximum Gasteiger partial charge on any atom is 0.334 e. The summed E-state index contributed by atoms with van der Waals surface area (Å²) in [6.45, 7) is 5.77. The molecule has 0 fully saturated rings. The van der Waals surface area contributed by atoms with Crippen LogP contribution in [0.4, 0.5) is 0 Å². The second kappa shape index (κ2) is 7.61. The minimum Gasteiger partial charge on any atom is -0.463 e. The summed E-state index contributed by atoms with van der Waals surface area (Å²) in [5.41, 5.74) is 0. The summed E-state index contributed by atoms with van der Waals surface area (Å²) in [6, 6.07) is 0.908. The van der Waals surface area contributed by atoms with E-state index in [0.717, 1.165) is 18.9 Å². The molecule has 0 rings (SSSR count). The Balaban J connectivity index is 3.53. The summed E-state index contributed by atoms with van der Waals surface area (Å²) in [5.74, 6) is -0.367. The van der Waals surface area contributed by atoms with Gasteiger partial charge in [0.15, 0.2) is 0 Å². The Kier molecular flexibility index (Phi) is 7.28. The van der Waals surface area contributed by atoms with Crippen molar-refractivity contribution < 1.29 is 18.4 Å². The van der Waals surface area contributed by atoms with Crippen molar-refractivity contribution in [3.63, 3.8) is 0 Å². The van der Waals surface area contributed by atoms with Crippen LogP contribution in [0.25, 0.3) is 0 Å². The van der Waals surface area contributed by atoms with Crippen molar-refractivity contribution in [3.05, 3.63) is 12.7 Å². The predicted octanol–water partition coefficient (Wildman–Crippen LogP) is 1.86. The smallest absolute Gasteiger partial charge is 0.334 e. The van der Waals surface area contributed by atoms with Gasteiger partial charge < -0.3 is 13.6 Å². The van der Waals surface area contributed by atoms with E-state index in [-0.39, 0.29) is 5.97 Å². The summed E-state index contributed by atoms with van der Waals surface area (Å²) < 4.78 is 15.5. The van der Waals surface area contributed by atoms with Crippen molar-refractivity contribution in [1.29, 1.82) is 0 Å². The molecule has 88 valence electrons. The number of hydrogen-bond donors (Lipinski definition) is 0. The quantitative estimate of drug-likeness (QED) is 0.277. The molecule has 15 heavy (non-hydrogen) atoms. The summed E-state index contributed by atoms with van der Waals surface area (Å²) >= 11 is 0. The lowest BCUT2D eigenvalue weighted by Crippen LogP contribution is -2.35. The first kappa shape index (κ1) is 14.3. The molecule has 0 bridgehead atoms. The lowest BCUT2D eigenvalue weighted by Gasteiger charge is -2.22. The van der Waals surface area contributed by atoms with Gasteiger partial charge in [-0.15, -0.1) is 0 Å². The molecule has 0 saturated carbocycles. The van der Waals surface area contributed by atoms with E-state index in [1.165, 1.54) is 6.08 Å². The molecular formula is C10H20O4Si. The summed E-state index contributed by atoms with van der Waals surface area (Å²) in [6.07, 6.45) is 2.94. The maximum absolute atomic E-state index is 10.7. The molecule has 0 atom stereocenters. The van der Waals surface area contributed by atoms with Crippen LogP contribution in [0.5, 0.6) is 0 Å². The minimum atomic E-state index is -1.94. The number of rotatable bonds is 8. The van der Waals surface area contributed by atoms with Crippen molar-refractivity contribution >= 4 is 14.5 Å². The third-order valence-electron chi connectivity index (χ3n) is 2.30. The lowest BCUT2D eigenvalue weighted by atomic mass is 10.4. The molecule has 0 saturated heterocycles. The highest BCUT2D eigenvalue weighted by Crippen LogP contribution is 2.14. The normalized spacial score (nSPS) is 11.1. The Labute approximate surface area is 92.5 Å². The van der Waals surface area contributed by atoms with Gasteiger partial charge in [-0.05, 0) is 25.4 Å². The van der Waals surface area contributed by atoms with Gasteiger partial charge in [0.1, 0.15) is 0 Å². The van der Waals surface area contributed by atoms with Gasteiger partial charge in [-0.3, -0.25) is 0 Å². The fourth-order valence-corrected chi connectivity index (χ4v) is 2.53. The molecular weight excluding hydrogens is 212 g/mol. The van der Waals surface area contributed by atoms with Crippen LogP contribution in [0.1, 0.15) is 12.8 Å². The lowest BCUT2D eigenvalue weighted by molar-refractivity contribution is -0.137. The first-order valence-electron chi connectivity index (χ1n) is 4.97. The van der Waals surface area contributed by atoms with Crippen LogP contribution in [0.3, 0.4) is 0 Å². The van der Waals surface area contributed by atoms with Gasteiger partial charge in [0.05, 0.1) is 6.61 Å². The van der Waals surface area contributed by atoms with Crippen LogP contribution >= 0.6 is 0 Å². The van der Waals surface area contributed by atoms with Crippen LogP contribution in [0.15, 0.2) is 12.7 Å². The Morgan fingerprint density at radius 1 is 1.33 bits per heavy atom. The molecule has 0 aromatic heterocycles. The van der Waals surface area contributed by atoms with E-state index in [9.17, 15) is 4.79 Å². The summed E-state index contributed by atoms with van der Waals surface area (Å²) in [7, 11) is 1.40. The highest BCUT2D eigenvalue weighted by atomic mass is 28.4. The molecule has 0 aliphatic heterocycles. The zero-order valence-electron chi connectivity index (χ0n) is 9.75. The van der Waals surface area contributed by atoms with Gasteiger partial charge in [0, 0.05) is 20.3 Å². The fourth-order valence-electron chi connectivity index (χ4n) is 1.07. The predicted molar refractivity (Wildman–Crippen MR) is 60.8 cm³/mol. The van der Waals surface area contributed by atoms with Gasteiger partial charge in [-0.25, -0.2) is 4.79 Å². The number of carbonyl (C=O) groups excluding carboxylic acids is 1. The monoisotopic (exact) mass is 232 g/mol.